The number of hydrogen-bond donors (Lipinski definition) is 3. The van der Waals surface area contributed by atoms with Crippen LogP contribution in [-0.4, -0.2) is 47.4 Å². The van der Waals surface area contributed by atoms with Crippen molar-refractivity contribution in [1.29, 1.82) is 0 Å². The van der Waals surface area contributed by atoms with Crippen LogP contribution in [0.25, 0.3) is 0 Å². The second-order valence-electron chi connectivity index (χ2n) is 28.1. The van der Waals surface area contributed by atoms with Crippen molar-refractivity contribution in [2.75, 3.05) is 13.2 Å². The number of aliphatic hydroxyl groups is 2. The molecule has 88 heavy (non-hydrogen) atoms. The van der Waals surface area contributed by atoms with Crippen LogP contribution in [0, 0.1) is 0 Å². The zero-order chi connectivity index (χ0) is 63.5. The van der Waals surface area contributed by atoms with E-state index in [1.54, 1.807) is 0 Å². The van der Waals surface area contributed by atoms with Crippen molar-refractivity contribution in [1.82, 2.24) is 5.32 Å². The van der Waals surface area contributed by atoms with Gasteiger partial charge < -0.3 is 20.3 Å². The van der Waals surface area contributed by atoms with E-state index in [9.17, 15) is 19.8 Å². The summed E-state index contributed by atoms with van der Waals surface area (Å²) in [5, 5.41) is 23.5. The third-order valence-corrected chi connectivity index (χ3v) is 19.2. The topological polar surface area (TPSA) is 95.9 Å². The Balaban J connectivity index is 3.35. The molecule has 0 aliphatic heterocycles. The van der Waals surface area contributed by atoms with Crippen molar-refractivity contribution in [3.8, 4) is 0 Å². The molecule has 0 rings (SSSR count). The van der Waals surface area contributed by atoms with Gasteiger partial charge in [0.25, 0.3) is 0 Å². The van der Waals surface area contributed by atoms with Crippen molar-refractivity contribution < 1.29 is 24.5 Å². The van der Waals surface area contributed by atoms with Gasteiger partial charge >= 0.3 is 5.97 Å². The van der Waals surface area contributed by atoms with Crippen LogP contribution in [0.2, 0.25) is 0 Å². The number of carbonyl (C=O) groups is 2. The molecule has 522 valence electrons. The van der Waals surface area contributed by atoms with Crippen LogP contribution < -0.4 is 5.32 Å². The molecular weight excluding hydrogens is 1080 g/mol. The summed E-state index contributed by atoms with van der Waals surface area (Å²) in [4.78, 5) is 24.7. The van der Waals surface area contributed by atoms with E-state index < -0.39 is 12.1 Å². The Kier molecular flexibility index (Phi) is 76.3. The SMILES string of the molecule is CCCCCCCCC/C=C\CCCCCCCC(=O)OCCCCCCCCCCCCCC/C=C\CCCCCCCCCCCCCCCCCCCC(=O)NC(CO)C(O)CCCCCCCCCCCCCCCCCCCCCCCC. The van der Waals surface area contributed by atoms with E-state index in [0.29, 0.717) is 25.9 Å². The molecule has 3 N–H and O–H groups in total. The lowest BCUT2D eigenvalue weighted by Gasteiger charge is -2.22. The monoisotopic (exact) mass is 1240 g/mol. The molecule has 0 aromatic heterocycles. The molecule has 0 heterocycles. The molecule has 2 atom stereocenters. The van der Waals surface area contributed by atoms with Gasteiger partial charge in [0.05, 0.1) is 25.4 Å². The number of unbranched alkanes of at least 4 members (excludes halogenated alkanes) is 62. The number of allylic oxidation sites excluding steroid dienone is 4. The van der Waals surface area contributed by atoms with Gasteiger partial charge in [-0.2, -0.15) is 0 Å². The molecule has 0 aromatic rings. The minimum atomic E-state index is -0.663. The molecule has 6 nitrogen and oxygen atoms in total. The summed E-state index contributed by atoms with van der Waals surface area (Å²) < 4.78 is 5.50. The summed E-state index contributed by atoms with van der Waals surface area (Å²) in [6, 6.07) is -0.540. The van der Waals surface area contributed by atoms with Crippen LogP contribution in [0.5, 0.6) is 0 Å². The number of aliphatic hydroxyl groups excluding tert-OH is 2. The first-order chi connectivity index (χ1) is 43.5. The summed E-state index contributed by atoms with van der Waals surface area (Å²) in [6.45, 7) is 5.00. The molecule has 0 aliphatic carbocycles. The van der Waals surface area contributed by atoms with E-state index in [1.165, 1.54) is 385 Å². The van der Waals surface area contributed by atoms with E-state index >= 15 is 0 Å². The molecule has 0 radical (unpaired) electrons. The van der Waals surface area contributed by atoms with Gasteiger partial charge in [0.1, 0.15) is 0 Å². The van der Waals surface area contributed by atoms with Crippen molar-refractivity contribution in [2.45, 2.75) is 475 Å². The van der Waals surface area contributed by atoms with Gasteiger partial charge in [0.2, 0.25) is 5.91 Å². The fraction of sp³-hybridized carbons (Fsp3) is 0.927. The summed E-state index contributed by atoms with van der Waals surface area (Å²) in [5.74, 6) is -0.0139. The van der Waals surface area contributed by atoms with Crippen molar-refractivity contribution in [3.05, 3.63) is 24.3 Å². The van der Waals surface area contributed by atoms with Crippen LogP contribution in [0.4, 0.5) is 0 Å². The Morgan fingerprint density at radius 3 is 0.807 bits per heavy atom. The van der Waals surface area contributed by atoms with E-state index in [1.807, 2.05) is 0 Å². The van der Waals surface area contributed by atoms with Gasteiger partial charge in [-0.05, 0) is 77.0 Å². The fourth-order valence-corrected chi connectivity index (χ4v) is 13.0. The number of carbonyl (C=O) groups excluding carboxylic acids is 2. The Hall–Kier alpha value is -1.66. The summed E-state index contributed by atoms with van der Waals surface area (Å²) in [6.07, 6.45) is 99.9. The lowest BCUT2D eigenvalue weighted by atomic mass is 10.0. The van der Waals surface area contributed by atoms with E-state index in [0.717, 1.165) is 44.9 Å². The van der Waals surface area contributed by atoms with Gasteiger partial charge in [-0.25, -0.2) is 0 Å². The van der Waals surface area contributed by atoms with E-state index in [2.05, 4.69) is 43.5 Å². The Morgan fingerprint density at radius 1 is 0.307 bits per heavy atom. The Bertz CT molecular complexity index is 1380. The van der Waals surface area contributed by atoms with Crippen molar-refractivity contribution in [2.24, 2.45) is 0 Å². The number of ether oxygens (including phenoxy) is 1. The zero-order valence-corrected chi connectivity index (χ0v) is 60.0. The normalized spacial score (nSPS) is 12.5. The van der Waals surface area contributed by atoms with Crippen molar-refractivity contribution >= 4 is 11.9 Å². The minimum Gasteiger partial charge on any atom is -0.466 e. The maximum absolute atomic E-state index is 12.6. The number of rotatable bonds is 77. The average molecular weight is 1240 g/mol. The molecule has 0 aliphatic rings. The molecule has 6 heteroatoms. The standard InChI is InChI=1S/C82H159NO5/c1-3-5-7-9-11-13-15-17-19-21-22-23-37-40-43-46-50-54-58-62-66-70-74-80(85)79(78-84)83-81(86)75-71-67-63-59-55-51-47-44-41-38-35-33-31-29-27-25-24-26-28-30-32-34-36-39-42-45-49-53-57-61-65-69-73-77-88-82(87)76-72-68-64-60-56-52-48-20-18-16-14-12-10-8-6-4-2/h20,28,30,48,79-80,84-85H,3-19,21-27,29,31-47,49-78H2,1-2H3,(H,83,86)/b30-28-,48-20-. The predicted molar refractivity (Wildman–Crippen MR) is 389 cm³/mol. The largest absolute Gasteiger partial charge is 0.466 e. The molecule has 2 unspecified atom stereocenters. The van der Waals surface area contributed by atoms with Crippen LogP contribution in [-0.2, 0) is 14.3 Å². The highest BCUT2D eigenvalue weighted by Gasteiger charge is 2.20. The first-order valence-corrected chi connectivity index (χ1v) is 40.6. The Morgan fingerprint density at radius 2 is 0.534 bits per heavy atom. The van der Waals surface area contributed by atoms with Crippen LogP contribution in [0.15, 0.2) is 24.3 Å². The number of hydrogen-bond acceptors (Lipinski definition) is 5. The lowest BCUT2D eigenvalue weighted by molar-refractivity contribution is -0.143. The van der Waals surface area contributed by atoms with Crippen LogP contribution in [0.3, 0.4) is 0 Å². The highest BCUT2D eigenvalue weighted by atomic mass is 16.5. The predicted octanol–water partition coefficient (Wildman–Crippen LogP) is 26.8. The van der Waals surface area contributed by atoms with Gasteiger partial charge in [0, 0.05) is 12.8 Å². The van der Waals surface area contributed by atoms with Gasteiger partial charge in [0.15, 0.2) is 0 Å². The highest BCUT2D eigenvalue weighted by Crippen LogP contribution is 2.20. The highest BCUT2D eigenvalue weighted by molar-refractivity contribution is 5.76. The first-order valence-electron chi connectivity index (χ1n) is 40.6. The van der Waals surface area contributed by atoms with E-state index in [-0.39, 0.29) is 18.5 Å². The molecule has 0 spiro atoms. The molecule has 0 saturated heterocycles. The molecule has 1 amide bonds. The van der Waals surface area contributed by atoms with Crippen LogP contribution in [0.1, 0.15) is 463 Å². The number of nitrogens with one attached hydrogen (secondary N) is 1. The molecular formula is C82H159NO5. The average Bonchev–Trinajstić information content (AvgIpc) is 3.58. The summed E-state index contributed by atoms with van der Waals surface area (Å²) in [7, 11) is 0. The second kappa shape index (κ2) is 77.8. The lowest BCUT2D eigenvalue weighted by Crippen LogP contribution is -2.45. The maximum atomic E-state index is 12.6. The molecule has 0 bridgehead atoms. The van der Waals surface area contributed by atoms with E-state index in [4.69, 9.17) is 4.74 Å². The first kappa shape index (κ1) is 86.3. The Labute approximate surface area is 551 Å². The zero-order valence-electron chi connectivity index (χ0n) is 60.0. The third-order valence-electron chi connectivity index (χ3n) is 19.2. The summed E-state index contributed by atoms with van der Waals surface area (Å²) >= 11 is 0. The van der Waals surface area contributed by atoms with Crippen molar-refractivity contribution in [3.63, 3.8) is 0 Å². The van der Waals surface area contributed by atoms with Crippen LogP contribution >= 0.6 is 0 Å². The number of esters is 1. The maximum Gasteiger partial charge on any atom is 0.305 e. The molecule has 0 aromatic carbocycles. The minimum absolute atomic E-state index is 0.0124. The number of amides is 1. The quantitative estimate of drug-likeness (QED) is 0.0320. The molecule has 0 fully saturated rings. The third kappa shape index (κ3) is 73.4. The fourth-order valence-electron chi connectivity index (χ4n) is 13.0. The smallest absolute Gasteiger partial charge is 0.305 e. The van der Waals surface area contributed by atoms with Gasteiger partial charge in [-0.3, -0.25) is 9.59 Å². The second-order valence-corrected chi connectivity index (χ2v) is 28.1. The molecule has 0 saturated carbocycles. The van der Waals surface area contributed by atoms with Gasteiger partial charge in [-0.1, -0.05) is 398 Å². The summed E-state index contributed by atoms with van der Waals surface area (Å²) in [5.41, 5.74) is 0. The van der Waals surface area contributed by atoms with Gasteiger partial charge in [-0.15, -0.1) is 0 Å².